The molecule has 1 fully saturated rings. The van der Waals surface area contributed by atoms with Gasteiger partial charge in [-0.3, -0.25) is 9.53 Å². The van der Waals surface area contributed by atoms with Crippen LogP contribution in [-0.2, 0) is 9.53 Å². The number of hydrogen-bond donors (Lipinski definition) is 0. The highest BCUT2D eigenvalue weighted by atomic mass is 19.4. The molecule has 0 saturated heterocycles. The summed E-state index contributed by atoms with van der Waals surface area (Å²) >= 11 is 0. The molecule has 0 aromatic heterocycles. The van der Waals surface area contributed by atoms with E-state index >= 15 is 0 Å². The molecule has 0 aromatic rings. The van der Waals surface area contributed by atoms with Gasteiger partial charge in [0, 0.05) is 12.3 Å². The van der Waals surface area contributed by atoms with Gasteiger partial charge in [-0.15, -0.1) is 13.2 Å². The summed E-state index contributed by atoms with van der Waals surface area (Å²) in [5.41, 5.74) is 0.101. The van der Waals surface area contributed by atoms with Gasteiger partial charge in [-0.25, -0.2) is 0 Å². The van der Waals surface area contributed by atoms with Gasteiger partial charge in [0.2, 0.25) is 0 Å². The minimum Gasteiger partial charge on any atom is -0.299 e. The molecule has 0 aromatic carbocycles. The van der Waals surface area contributed by atoms with Crippen LogP contribution in [0.25, 0.3) is 0 Å². The van der Waals surface area contributed by atoms with Gasteiger partial charge in [0.05, 0.1) is 6.61 Å². The van der Waals surface area contributed by atoms with Crippen molar-refractivity contribution < 1.29 is 22.7 Å². The van der Waals surface area contributed by atoms with Crippen molar-refractivity contribution in [3.8, 4) is 0 Å². The molecule has 0 heterocycles. The van der Waals surface area contributed by atoms with Crippen molar-refractivity contribution in [2.24, 2.45) is 17.3 Å². The number of carbonyl (C=O) groups excluding carboxylic acids is 1. The van der Waals surface area contributed by atoms with E-state index in [0.717, 1.165) is 6.42 Å². The van der Waals surface area contributed by atoms with E-state index in [0.29, 0.717) is 18.8 Å². The number of ketones is 1. The molecule has 0 N–H and O–H groups in total. The molecule has 0 amide bonds. The van der Waals surface area contributed by atoms with E-state index in [1.54, 1.807) is 0 Å². The van der Waals surface area contributed by atoms with E-state index in [4.69, 9.17) is 0 Å². The molecule has 2 unspecified atom stereocenters. The van der Waals surface area contributed by atoms with Gasteiger partial charge in [-0.05, 0) is 30.6 Å². The summed E-state index contributed by atoms with van der Waals surface area (Å²) in [6.45, 7) is 5.90. The van der Waals surface area contributed by atoms with Crippen LogP contribution in [0.3, 0.4) is 0 Å². The van der Waals surface area contributed by atoms with Crippen molar-refractivity contribution in [3.63, 3.8) is 0 Å². The van der Waals surface area contributed by atoms with Gasteiger partial charge in [0.1, 0.15) is 5.78 Å². The molecule has 5 heteroatoms. The molecule has 1 aliphatic carbocycles. The highest BCUT2D eigenvalue weighted by Crippen LogP contribution is 2.40. The summed E-state index contributed by atoms with van der Waals surface area (Å²) in [7, 11) is 0. The first kappa shape index (κ1) is 15.5. The summed E-state index contributed by atoms with van der Waals surface area (Å²) in [6, 6.07) is 0. The lowest BCUT2D eigenvalue weighted by Crippen LogP contribution is -2.33. The van der Waals surface area contributed by atoms with E-state index in [9.17, 15) is 18.0 Å². The predicted octanol–water partition coefficient (Wildman–Crippen LogP) is 3.94. The van der Waals surface area contributed by atoms with Crippen LogP contribution in [0.4, 0.5) is 13.2 Å². The van der Waals surface area contributed by atoms with Gasteiger partial charge < -0.3 is 0 Å². The second kappa shape index (κ2) is 5.59. The fraction of sp³-hybridized carbons (Fsp3) is 0.923. The first-order valence-electron chi connectivity index (χ1n) is 6.33. The monoisotopic (exact) mass is 266 g/mol. The minimum absolute atomic E-state index is 0.0845. The highest BCUT2D eigenvalue weighted by Gasteiger charge is 2.35. The highest BCUT2D eigenvalue weighted by molar-refractivity contribution is 5.81. The smallest absolute Gasteiger partial charge is 0.299 e. The Morgan fingerprint density at radius 2 is 1.89 bits per heavy atom. The van der Waals surface area contributed by atoms with Crippen LogP contribution < -0.4 is 0 Å². The van der Waals surface area contributed by atoms with E-state index in [-0.39, 0.29) is 23.5 Å². The van der Waals surface area contributed by atoms with E-state index in [1.807, 2.05) is 0 Å². The SMILES string of the molecule is CC(C)(C)C1CCC(=O)C(CCOC(F)(F)F)C1. The maximum Gasteiger partial charge on any atom is 0.522 e. The summed E-state index contributed by atoms with van der Waals surface area (Å²) < 4.78 is 39.3. The van der Waals surface area contributed by atoms with Crippen molar-refractivity contribution in [1.29, 1.82) is 0 Å². The van der Waals surface area contributed by atoms with Crippen LogP contribution in [-0.4, -0.2) is 18.8 Å². The van der Waals surface area contributed by atoms with Crippen molar-refractivity contribution in [1.82, 2.24) is 0 Å². The van der Waals surface area contributed by atoms with Gasteiger partial charge in [-0.1, -0.05) is 20.8 Å². The molecule has 1 rings (SSSR count). The maximum atomic E-state index is 11.9. The number of Topliss-reactive ketones (excluding diaryl/α,β-unsaturated/α-hetero) is 1. The van der Waals surface area contributed by atoms with Crippen LogP contribution in [0.15, 0.2) is 0 Å². The zero-order chi connectivity index (χ0) is 14.0. The average Bonchev–Trinajstić information content (AvgIpc) is 2.17. The van der Waals surface area contributed by atoms with Gasteiger partial charge >= 0.3 is 6.36 Å². The molecule has 1 saturated carbocycles. The molecule has 0 radical (unpaired) electrons. The summed E-state index contributed by atoms with van der Waals surface area (Å²) in [5.74, 6) is 0.206. The fourth-order valence-corrected chi connectivity index (χ4v) is 2.50. The average molecular weight is 266 g/mol. The van der Waals surface area contributed by atoms with Crippen LogP contribution >= 0.6 is 0 Å². The topological polar surface area (TPSA) is 26.3 Å². The third kappa shape index (κ3) is 4.96. The Balaban J connectivity index is 2.46. The number of alkyl halides is 3. The largest absolute Gasteiger partial charge is 0.522 e. The summed E-state index contributed by atoms with van der Waals surface area (Å²) in [6.07, 6.45) is -2.41. The van der Waals surface area contributed by atoms with Crippen LogP contribution in [0.2, 0.25) is 0 Å². The molecule has 18 heavy (non-hydrogen) atoms. The number of carbonyl (C=O) groups is 1. The van der Waals surface area contributed by atoms with Crippen molar-refractivity contribution in [2.75, 3.05) is 6.61 Å². The lowest BCUT2D eigenvalue weighted by molar-refractivity contribution is -0.325. The Bertz CT molecular complexity index is 292. The summed E-state index contributed by atoms with van der Waals surface area (Å²) in [4.78, 5) is 11.7. The van der Waals surface area contributed by atoms with E-state index in [1.165, 1.54) is 0 Å². The van der Waals surface area contributed by atoms with E-state index in [2.05, 4.69) is 25.5 Å². The molecule has 0 bridgehead atoms. The standard InChI is InChI=1S/C13H21F3O2/c1-12(2,3)10-4-5-11(17)9(8-10)6-7-18-13(14,15)16/h9-10H,4-8H2,1-3H3. The second-order valence-corrected chi connectivity index (χ2v) is 6.08. The van der Waals surface area contributed by atoms with E-state index < -0.39 is 13.0 Å². The first-order valence-corrected chi connectivity index (χ1v) is 6.33. The zero-order valence-corrected chi connectivity index (χ0v) is 11.1. The Morgan fingerprint density at radius 1 is 1.28 bits per heavy atom. The van der Waals surface area contributed by atoms with Crippen LogP contribution in [0, 0.1) is 17.3 Å². The Hall–Kier alpha value is -0.580. The molecule has 0 spiro atoms. The number of ether oxygens (including phenoxy) is 1. The van der Waals surface area contributed by atoms with Crippen LogP contribution in [0.5, 0.6) is 0 Å². The fourth-order valence-electron chi connectivity index (χ4n) is 2.50. The first-order chi connectivity index (χ1) is 8.09. The third-order valence-electron chi connectivity index (χ3n) is 3.72. The van der Waals surface area contributed by atoms with Crippen molar-refractivity contribution >= 4 is 5.78 Å². The third-order valence-corrected chi connectivity index (χ3v) is 3.72. The lowest BCUT2D eigenvalue weighted by Gasteiger charge is -2.37. The molecule has 2 atom stereocenters. The normalized spacial score (nSPS) is 26.4. The number of halogens is 3. The van der Waals surface area contributed by atoms with Crippen molar-refractivity contribution in [2.45, 2.75) is 52.8 Å². The zero-order valence-electron chi connectivity index (χ0n) is 11.1. The Morgan fingerprint density at radius 3 is 2.39 bits per heavy atom. The molecular weight excluding hydrogens is 245 g/mol. The van der Waals surface area contributed by atoms with Gasteiger partial charge in [-0.2, -0.15) is 0 Å². The molecule has 0 aliphatic heterocycles. The minimum atomic E-state index is -4.60. The number of hydrogen-bond acceptors (Lipinski definition) is 2. The quantitative estimate of drug-likeness (QED) is 0.773. The molecular formula is C13H21F3O2. The van der Waals surface area contributed by atoms with Crippen molar-refractivity contribution in [3.05, 3.63) is 0 Å². The molecule has 106 valence electrons. The summed E-state index contributed by atoms with van der Waals surface area (Å²) in [5, 5.41) is 0. The van der Waals surface area contributed by atoms with Gasteiger partial charge in [0.25, 0.3) is 0 Å². The predicted molar refractivity (Wildman–Crippen MR) is 61.9 cm³/mol. The van der Waals surface area contributed by atoms with Gasteiger partial charge in [0.15, 0.2) is 0 Å². The maximum absolute atomic E-state index is 11.9. The van der Waals surface area contributed by atoms with Crippen LogP contribution in [0.1, 0.15) is 46.5 Å². The second-order valence-electron chi connectivity index (χ2n) is 6.08. The number of rotatable bonds is 3. The molecule has 2 nitrogen and oxygen atoms in total. The Labute approximate surface area is 106 Å². The molecule has 1 aliphatic rings. The lowest BCUT2D eigenvalue weighted by atomic mass is 9.68. The Kier molecular flexibility index (Phi) is 4.81.